The van der Waals surface area contributed by atoms with Crippen LogP contribution in [0.25, 0.3) is 0 Å². The fourth-order valence-electron chi connectivity index (χ4n) is 2.22. The fraction of sp³-hybridized carbons (Fsp3) is 0.500. The van der Waals surface area contributed by atoms with Gasteiger partial charge in [-0.05, 0) is 37.9 Å². The minimum Gasteiger partial charge on any atom is -0.504 e. The molecule has 1 fully saturated rings. The number of phenolic OH excluding ortho intramolecular Hbond substituents is 1. The first kappa shape index (κ1) is 11.2. The van der Waals surface area contributed by atoms with Gasteiger partial charge in [-0.2, -0.15) is 0 Å². The maximum absolute atomic E-state index is 13.3. The molecule has 1 aromatic carbocycles. The maximum Gasteiger partial charge on any atom is 0.196 e. The molecule has 2 rings (SSSR count). The number of nitrogens with one attached hydrogen (secondary N) is 1. The normalized spacial score (nSPS) is 17.4. The summed E-state index contributed by atoms with van der Waals surface area (Å²) in [4.78, 5) is 0. The van der Waals surface area contributed by atoms with Crippen LogP contribution in [0.4, 0.5) is 4.39 Å². The van der Waals surface area contributed by atoms with Crippen LogP contribution < -0.4 is 10.1 Å². The monoisotopic (exact) mass is 225 g/mol. The van der Waals surface area contributed by atoms with Crippen molar-refractivity contribution in [2.45, 2.75) is 18.8 Å². The topological polar surface area (TPSA) is 41.5 Å². The van der Waals surface area contributed by atoms with Gasteiger partial charge in [-0.1, -0.05) is 6.07 Å². The molecule has 1 aliphatic heterocycles. The Morgan fingerprint density at radius 1 is 1.38 bits per heavy atom. The second kappa shape index (κ2) is 4.70. The Morgan fingerprint density at radius 3 is 2.69 bits per heavy atom. The van der Waals surface area contributed by atoms with E-state index in [2.05, 4.69) is 5.32 Å². The van der Waals surface area contributed by atoms with Gasteiger partial charge in [0.25, 0.3) is 0 Å². The Labute approximate surface area is 94.2 Å². The van der Waals surface area contributed by atoms with Crippen LogP contribution in [0.1, 0.15) is 24.3 Å². The zero-order valence-electron chi connectivity index (χ0n) is 9.29. The molecule has 1 heterocycles. The van der Waals surface area contributed by atoms with Crippen molar-refractivity contribution in [3.8, 4) is 11.5 Å². The first-order chi connectivity index (χ1) is 7.74. The highest BCUT2D eigenvalue weighted by Gasteiger charge is 2.22. The Morgan fingerprint density at radius 2 is 2.06 bits per heavy atom. The van der Waals surface area contributed by atoms with E-state index in [0.717, 1.165) is 31.5 Å². The fourth-order valence-corrected chi connectivity index (χ4v) is 2.22. The minimum absolute atomic E-state index is 0.0453. The molecule has 1 aromatic rings. The molecule has 16 heavy (non-hydrogen) atoms. The van der Waals surface area contributed by atoms with Crippen LogP contribution in [0.5, 0.6) is 11.5 Å². The maximum atomic E-state index is 13.3. The molecule has 3 nitrogen and oxygen atoms in total. The van der Waals surface area contributed by atoms with E-state index in [0.29, 0.717) is 0 Å². The van der Waals surface area contributed by atoms with Gasteiger partial charge in [0, 0.05) is 5.56 Å². The largest absolute Gasteiger partial charge is 0.504 e. The van der Waals surface area contributed by atoms with E-state index in [1.165, 1.54) is 13.2 Å². The third-order valence-corrected chi connectivity index (χ3v) is 3.10. The SMILES string of the molecule is COc1c(F)ccc(C2CCNCC2)c1O. The Hall–Kier alpha value is -1.29. The zero-order chi connectivity index (χ0) is 11.5. The smallest absolute Gasteiger partial charge is 0.196 e. The van der Waals surface area contributed by atoms with Crippen molar-refractivity contribution in [3.63, 3.8) is 0 Å². The lowest BCUT2D eigenvalue weighted by atomic mass is 9.89. The van der Waals surface area contributed by atoms with Gasteiger partial charge in [0.1, 0.15) is 0 Å². The summed E-state index contributed by atoms with van der Waals surface area (Å²) in [5.41, 5.74) is 0.791. The summed E-state index contributed by atoms with van der Waals surface area (Å²) in [6.45, 7) is 1.87. The number of hydrogen-bond donors (Lipinski definition) is 2. The van der Waals surface area contributed by atoms with Crippen molar-refractivity contribution in [2.24, 2.45) is 0 Å². The van der Waals surface area contributed by atoms with Gasteiger partial charge in [0.15, 0.2) is 17.3 Å². The molecule has 0 aromatic heterocycles. The molecule has 1 aliphatic rings. The van der Waals surface area contributed by atoms with E-state index in [1.807, 2.05) is 0 Å². The van der Waals surface area contributed by atoms with Crippen LogP contribution in [0.2, 0.25) is 0 Å². The average molecular weight is 225 g/mol. The molecule has 0 saturated carbocycles. The number of methoxy groups -OCH3 is 1. The number of benzene rings is 1. The quantitative estimate of drug-likeness (QED) is 0.809. The number of piperidine rings is 1. The number of phenols is 1. The van der Waals surface area contributed by atoms with Crippen molar-refractivity contribution in [2.75, 3.05) is 20.2 Å². The van der Waals surface area contributed by atoms with Crippen molar-refractivity contribution >= 4 is 0 Å². The molecule has 0 bridgehead atoms. The first-order valence-corrected chi connectivity index (χ1v) is 5.50. The molecule has 4 heteroatoms. The molecule has 0 aliphatic carbocycles. The lowest BCUT2D eigenvalue weighted by Gasteiger charge is -2.24. The molecule has 0 unspecified atom stereocenters. The zero-order valence-corrected chi connectivity index (χ0v) is 9.29. The van der Waals surface area contributed by atoms with Gasteiger partial charge in [-0.3, -0.25) is 0 Å². The lowest BCUT2D eigenvalue weighted by molar-refractivity contribution is 0.343. The average Bonchev–Trinajstić information content (AvgIpc) is 2.31. The predicted octanol–water partition coefficient (Wildman–Crippen LogP) is 2.01. The van der Waals surface area contributed by atoms with Gasteiger partial charge in [-0.15, -0.1) is 0 Å². The van der Waals surface area contributed by atoms with E-state index in [-0.39, 0.29) is 17.4 Å². The van der Waals surface area contributed by atoms with Crippen molar-refractivity contribution in [1.82, 2.24) is 5.32 Å². The standard InChI is InChI=1S/C12H16FNO2/c1-16-12-10(13)3-2-9(11(12)15)8-4-6-14-7-5-8/h2-3,8,14-15H,4-7H2,1H3. The third-order valence-electron chi connectivity index (χ3n) is 3.10. The Balaban J connectivity index is 2.33. The molecule has 88 valence electrons. The molecular weight excluding hydrogens is 209 g/mol. The molecule has 0 spiro atoms. The van der Waals surface area contributed by atoms with Crippen LogP contribution in [0.3, 0.4) is 0 Å². The lowest BCUT2D eigenvalue weighted by Crippen LogP contribution is -2.26. The molecular formula is C12H16FNO2. The van der Waals surface area contributed by atoms with E-state index >= 15 is 0 Å². The van der Waals surface area contributed by atoms with E-state index in [9.17, 15) is 9.50 Å². The van der Waals surface area contributed by atoms with Crippen LogP contribution in [-0.2, 0) is 0 Å². The highest BCUT2D eigenvalue weighted by atomic mass is 19.1. The summed E-state index contributed by atoms with van der Waals surface area (Å²) < 4.78 is 18.2. The van der Waals surface area contributed by atoms with Gasteiger partial charge < -0.3 is 15.2 Å². The summed E-state index contributed by atoms with van der Waals surface area (Å²) in [5.74, 6) is -0.320. The van der Waals surface area contributed by atoms with Crippen LogP contribution in [0, 0.1) is 5.82 Å². The first-order valence-electron chi connectivity index (χ1n) is 5.50. The Kier molecular flexibility index (Phi) is 3.29. The van der Waals surface area contributed by atoms with Gasteiger partial charge in [0.05, 0.1) is 7.11 Å². The van der Waals surface area contributed by atoms with E-state index in [1.54, 1.807) is 6.07 Å². The molecule has 2 N–H and O–H groups in total. The number of aromatic hydroxyl groups is 1. The molecule has 1 saturated heterocycles. The Bertz CT molecular complexity index is 376. The van der Waals surface area contributed by atoms with Gasteiger partial charge >= 0.3 is 0 Å². The van der Waals surface area contributed by atoms with Crippen molar-refractivity contribution in [1.29, 1.82) is 0 Å². The van der Waals surface area contributed by atoms with Crippen LogP contribution >= 0.6 is 0 Å². The minimum atomic E-state index is -0.516. The van der Waals surface area contributed by atoms with Gasteiger partial charge in [-0.25, -0.2) is 4.39 Å². The van der Waals surface area contributed by atoms with Crippen LogP contribution in [0.15, 0.2) is 12.1 Å². The summed E-state index contributed by atoms with van der Waals surface area (Å²) in [6, 6.07) is 3.01. The van der Waals surface area contributed by atoms with E-state index < -0.39 is 5.82 Å². The number of halogens is 1. The van der Waals surface area contributed by atoms with Crippen molar-refractivity contribution in [3.05, 3.63) is 23.5 Å². The molecule has 0 amide bonds. The second-order valence-electron chi connectivity index (χ2n) is 4.04. The highest BCUT2D eigenvalue weighted by molar-refractivity contribution is 5.48. The molecule has 0 radical (unpaired) electrons. The highest BCUT2D eigenvalue weighted by Crippen LogP contribution is 2.39. The summed E-state index contributed by atoms with van der Waals surface area (Å²) >= 11 is 0. The molecule has 0 atom stereocenters. The van der Waals surface area contributed by atoms with Crippen molar-refractivity contribution < 1.29 is 14.2 Å². The summed E-state index contributed by atoms with van der Waals surface area (Å²) in [7, 11) is 1.37. The third kappa shape index (κ3) is 1.97. The number of rotatable bonds is 2. The van der Waals surface area contributed by atoms with Gasteiger partial charge in [0.2, 0.25) is 0 Å². The van der Waals surface area contributed by atoms with Crippen LogP contribution in [-0.4, -0.2) is 25.3 Å². The summed E-state index contributed by atoms with van der Waals surface area (Å²) in [6.07, 6.45) is 1.92. The van der Waals surface area contributed by atoms with E-state index in [4.69, 9.17) is 4.74 Å². The number of hydrogen-bond acceptors (Lipinski definition) is 3. The second-order valence-corrected chi connectivity index (χ2v) is 4.04. The predicted molar refractivity (Wildman–Crippen MR) is 59.5 cm³/mol. The number of ether oxygens (including phenoxy) is 1. The summed E-state index contributed by atoms with van der Waals surface area (Å²) in [5, 5.41) is 13.2.